The van der Waals surface area contributed by atoms with E-state index in [4.69, 9.17) is 4.74 Å². The number of nitrogens with one attached hydrogen (secondary N) is 1. The van der Waals surface area contributed by atoms with Gasteiger partial charge in [0.1, 0.15) is 0 Å². The zero-order chi connectivity index (χ0) is 12.7. The fraction of sp³-hybridized carbons (Fsp3) is 0.917. The molecule has 1 saturated heterocycles. The molecule has 1 rings (SSSR count). The van der Waals surface area contributed by atoms with Gasteiger partial charge in [-0.2, -0.15) is 0 Å². The van der Waals surface area contributed by atoms with Crippen molar-refractivity contribution in [1.29, 1.82) is 0 Å². The fourth-order valence-corrected chi connectivity index (χ4v) is 2.01. The van der Waals surface area contributed by atoms with Crippen LogP contribution in [0.15, 0.2) is 0 Å². The van der Waals surface area contributed by atoms with E-state index in [1.54, 1.807) is 7.11 Å². The number of rotatable bonds is 6. The van der Waals surface area contributed by atoms with Crippen molar-refractivity contribution in [2.75, 3.05) is 53.0 Å². The Morgan fingerprint density at radius 2 is 2.06 bits per heavy atom. The zero-order valence-corrected chi connectivity index (χ0v) is 11.2. The number of carbonyl (C=O) groups is 1. The smallest absolute Gasteiger partial charge is 0.237 e. The third-order valence-electron chi connectivity index (χ3n) is 3.05. The quantitative estimate of drug-likeness (QED) is 0.700. The van der Waals surface area contributed by atoms with Crippen molar-refractivity contribution in [1.82, 2.24) is 15.1 Å². The van der Waals surface area contributed by atoms with Gasteiger partial charge in [-0.1, -0.05) is 0 Å². The highest BCUT2D eigenvalue weighted by Crippen LogP contribution is 2.02. The number of nitrogens with zero attached hydrogens (tertiary/aromatic N) is 2. The van der Waals surface area contributed by atoms with E-state index in [1.165, 1.54) is 0 Å². The minimum Gasteiger partial charge on any atom is -0.383 e. The van der Waals surface area contributed by atoms with Crippen molar-refractivity contribution in [2.45, 2.75) is 19.9 Å². The SMILES string of the molecule is COCCN(C(=O)CN1CCNCC1)C(C)C. The third-order valence-corrected chi connectivity index (χ3v) is 3.05. The Morgan fingerprint density at radius 3 is 2.59 bits per heavy atom. The van der Waals surface area contributed by atoms with E-state index in [0.717, 1.165) is 26.2 Å². The molecule has 0 bridgehead atoms. The lowest BCUT2D eigenvalue weighted by molar-refractivity contribution is -0.134. The molecule has 1 N–H and O–H groups in total. The van der Waals surface area contributed by atoms with Gasteiger partial charge in [-0.25, -0.2) is 0 Å². The topological polar surface area (TPSA) is 44.8 Å². The van der Waals surface area contributed by atoms with Gasteiger partial charge in [0.15, 0.2) is 0 Å². The van der Waals surface area contributed by atoms with Gasteiger partial charge >= 0.3 is 0 Å². The van der Waals surface area contributed by atoms with Crippen LogP contribution in [0, 0.1) is 0 Å². The highest BCUT2D eigenvalue weighted by molar-refractivity contribution is 5.78. The third kappa shape index (κ3) is 5.02. The summed E-state index contributed by atoms with van der Waals surface area (Å²) >= 11 is 0. The van der Waals surface area contributed by atoms with E-state index in [2.05, 4.69) is 10.2 Å². The van der Waals surface area contributed by atoms with Gasteiger partial charge in [0, 0.05) is 45.9 Å². The van der Waals surface area contributed by atoms with Crippen LogP contribution in [0.25, 0.3) is 0 Å². The molecule has 100 valence electrons. The molecule has 1 amide bonds. The summed E-state index contributed by atoms with van der Waals surface area (Å²) < 4.78 is 5.05. The molecule has 5 nitrogen and oxygen atoms in total. The molecule has 17 heavy (non-hydrogen) atoms. The largest absolute Gasteiger partial charge is 0.383 e. The van der Waals surface area contributed by atoms with E-state index < -0.39 is 0 Å². The molecule has 0 aromatic heterocycles. The van der Waals surface area contributed by atoms with Gasteiger partial charge in [-0.3, -0.25) is 9.69 Å². The number of amides is 1. The van der Waals surface area contributed by atoms with E-state index in [0.29, 0.717) is 19.7 Å². The van der Waals surface area contributed by atoms with Gasteiger partial charge in [0.25, 0.3) is 0 Å². The highest BCUT2D eigenvalue weighted by atomic mass is 16.5. The Morgan fingerprint density at radius 1 is 1.41 bits per heavy atom. The molecule has 0 aliphatic carbocycles. The van der Waals surface area contributed by atoms with Crippen LogP contribution in [0.2, 0.25) is 0 Å². The summed E-state index contributed by atoms with van der Waals surface area (Å²) in [7, 11) is 1.67. The summed E-state index contributed by atoms with van der Waals surface area (Å²) in [6.07, 6.45) is 0. The molecule has 0 spiro atoms. The second-order valence-corrected chi connectivity index (χ2v) is 4.70. The van der Waals surface area contributed by atoms with Gasteiger partial charge < -0.3 is 15.0 Å². The highest BCUT2D eigenvalue weighted by Gasteiger charge is 2.20. The van der Waals surface area contributed by atoms with Crippen LogP contribution in [-0.2, 0) is 9.53 Å². The Labute approximate surface area is 104 Å². The van der Waals surface area contributed by atoms with Crippen molar-refractivity contribution >= 4 is 5.91 Å². The number of hydrogen-bond acceptors (Lipinski definition) is 4. The number of ether oxygens (including phenoxy) is 1. The molecule has 1 fully saturated rings. The first kappa shape index (κ1) is 14.4. The minimum atomic E-state index is 0.207. The first-order chi connectivity index (χ1) is 8.15. The summed E-state index contributed by atoms with van der Waals surface area (Å²) in [6.45, 7) is 9.79. The summed E-state index contributed by atoms with van der Waals surface area (Å²) in [5.74, 6) is 0.207. The molecule has 0 unspecified atom stereocenters. The van der Waals surface area contributed by atoms with Crippen molar-refractivity contribution in [3.05, 3.63) is 0 Å². The first-order valence-electron chi connectivity index (χ1n) is 6.36. The van der Waals surface area contributed by atoms with E-state index in [9.17, 15) is 4.79 Å². The maximum atomic E-state index is 12.2. The Kier molecular flexibility index (Phi) is 6.47. The van der Waals surface area contributed by atoms with Gasteiger partial charge in [-0.15, -0.1) is 0 Å². The first-order valence-corrected chi connectivity index (χ1v) is 6.36. The molecule has 0 aromatic carbocycles. The van der Waals surface area contributed by atoms with Crippen LogP contribution in [0.3, 0.4) is 0 Å². The van der Waals surface area contributed by atoms with Crippen molar-refractivity contribution < 1.29 is 9.53 Å². The molecular weight excluding hydrogens is 218 g/mol. The number of piperazine rings is 1. The molecule has 1 aliphatic heterocycles. The lowest BCUT2D eigenvalue weighted by atomic mass is 10.3. The predicted molar refractivity (Wildman–Crippen MR) is 68.0 cm³/mol. The van der Waals surface area contributed by atoms with Crippen LogP contribution in [-0.4, -0.2) is 74.7 Å². The molecule has 0 radical (unpaired) electrons. The monoisotopic (exact) mass is 243 g/mol. The molecule has 0 atom stereocenters. The van der Waals surface area contributed by atoms with E-state index in [1.807, 2.05) is 18.7 Å². The van der Waals surface area contributed by atoms with Crippen molar-refractivity contribution in [3.63, 3.8) is 0 Å². The summed E-state index contributed by atoms with van der Waals surface area (Å²) in [5, 5.41) is 3.29. The standard InChI is InChI=1S/C12H25N3O2/c1-11(2)15(8-9-17-3)12(16)10-14-6-4-13-5-7-14/h11,13H,4-10H2,1-3H3. The number of hydrogen-bond donors (Lipinski definition) is 1. The van der Waals surface area contributed by atoms with E-state index in [-0.39, 0.29) is 11.9 Å². The summed E-state index contributed by atoms with van der Waals surface area (Å²) in [4.78, 5) is 16.3. The molecule has 1 aliphatic rings. The predicted octanol–water partition coefficient (Wildman–Crippen LogP) is -0.225. The number of carbonyl (C=O) groups excluding carboxylic acids is 1. The van der Waals surface area contributed by atoms with Gasteiger partial charge in [-0.05, 0) is 13.8 Å². The fourth-order valence-electron chi connectivity index (χ4n) is 2.01. The zero-order valence-electron chi connectivity index (χ0n) is 11.2. The average Bonchev–Trinajstić information content (AvgIpc) is 2.30. The maximum Gasteiger partial charge on any atom is 0.237 e. The number of methoxy groups -OCH3 is 1. The minimum absolute atomic E-state index is 0.207. The summed E-state index contributed by atoms with van der Waals surface area (Å²) in [5.41, 5.74) is 0. The molecule has 0 aromatic rings. The Bertz CT molecular complexity index is 228. The van der Waals surface area contributed by atoms with Gasteiger partial charge in [0.05, 0.1) is 13.2 Å². The van der Waals surface area contributed by atoms with Crippen molar-refractivity contribution in [2.24, 2.45) is 0 Å². The lowest BCUT2D eigenvalue weighted by Crippen LogP contribution is -2.50. The van der Waals surface area contributed by atoms with Crippen LogP contribution < -0.4 is 5.32 Å². The Hall–Kier alpha value is -0.650. The Balaban J connectivity index is 2.40. The molecule has 0 saturated carbocycles. The summed E-state index contributed by atoms with van der Waals surface area (Å²) in [6, 6.07) is 0.237. The van der Waals surface area contributed by atoms with Crippen molar-refractivity contribution in [3.8, 4) is 0 Å². The van der Waals surface area contributed by atoms with Crippen LogP contribution >= 0.6 is 0 Å². The van der Waals surface area contributed by atoms with Gasteiger partial charge in [0.2, 0.25) is 5.91 Å². The lowest BCUT2D eigenvalue weighted by Gasteiger charge is -2.31. The second kappa shape index (κ2) is 7.63. The second-order valence-electron chi connectivity index (χ2n) is 4.70. The van der Waals surface area contributed by atoms with Crippen LogP contribution in [0.4, 0.5) is 0 Å². The normalized spacial score (nSPS) is 17.4. The maximum absolute atomic E-state index is 12.2. The molecule has 1 heterocycles. The van der Waals surface area contributed by atoms with Crippen LogP contribution in [0.5, 0.6) is 0 Å². The molecule has 5 heteroatoms. The van der Waals surface area contributed by atoms with E-state index >= 15 is 0 Å². The molecular formula is C12H25N3O2. The van der Waals surface area contributed by atoms with Crippen LogP contribution in [0.1, 0.15) is 13.8 Å². The average molecular weight is 243 g/mol.